The summed E-state index contributed by atoms with van der Waals surface area (Å²) in [6.45, 7) is 8.08. The van der Waals surface area contributed by atoms with Gasteiger partial charge in [0, 0.05) is 18.3 Å². The zero-order valence-corrected chi connectivity index (χ0v) is 15.0. The summed E-state index contributed by atoms with van der Waals surface area (Å²) in [5.74, 6) is 3.94. The van der Waals surface area contributed by atoms with Gasteiger partial charge in [0.25, 0.3) is 0 Å². The number of imidazole rings is 1. The molecular weight excluding hydrogens is 330 g/mol. The van der Waals surface area contributed by atoms with Crippen LogP contribution in [-0.4, -0.2) is 39.7 Å². The molecule has 4 rings (SSSR count). The van der Waals surface area contributed by atoms with Crippen molar-refractivity contribution in [2.24, 2.45) is 0 Å². The van der Waals surface area contributed by atoms with Crippen LogP contribution in [0.25, 0.3) is 22.7 Å². The Morgan fingerprint density at radius 3 is 2.65 bits per heavy atom. The fraction of sp³-hybridized carbons (Fsp3) is 0.294. The average Bonchev–Trinajstić information content (AvgIpc) is 3.17. The number of aromatic nitrogens is 8. The minimum atomic E-state index is 0.315. The largest absolute Gasteiger partial charge is 0.326 e. The third-order valence-electron chi connectivity index (χ3n) is 3.99. The van der Waals surface area contributed by atoms with E-state index in [1.165, 1.54) is 0 Å². The highest BCUT2D eigenvalue weighted by molar-refractivity contribution is 5.79. The molecule has 0 radical (unpaired) electrons. The summed E-state index contributed by atoms with van der Waals surface area (Å²) in [6, 6.07) is 4.08. The van der Waals surface area contributed by atoms with Gasteiger partial charge in [0.1, 0.15) is 28.8 Å². The third-order valence-corrected chi connectivity index (χ3v) is 3.99. The van der Waals surface area contributed by atoms with Gasteiger partial charge in [-0.15, -0.1) is 0 Å². The molecule has 0 spiro atoms. The van der Waals surface area contributed by atoms with Crippen LogP contribution >= 0.6 is 0 Å². The van der Waals surface area contributed by atoms with E-state index >= 15 is 0 Å². The summed E-state index contributed by atoms with van der Waals surface area (Å²) in [4.78, 5) is 22.0. The zero-order chi connectivity index (χ0) is 18.3. The quantitative estimate of drug-likeness (QED) is 0.583. The molecule has 0 aliphatic heterocycles. The molecule has 132 valence electrons. The number of nitrogens with zero attached hydrogens (tertiary/aromatic N) is 7. The Morgan fingerprint density at radius 1 is 1.08 bits per heavy atom. The molecule has 0 aliphatic rings. The van der Waals surface area contributed by atoms with E-state index in [2.05, 4.69) is 58.8 Å². The first kappa shape index (κ1) is 16.1. The van der Waals surface area contributed by atoms with E-state index in [1.807, 2.05) is 13.0 Å². The lowest BCUT2D eigenvalue weighted by Gasteiger charge is -2.11. The summed E-state index contributed by atoms with van der Waals surface area (Å²) in [7, 11) is 0. The number of aryl methyl sites for hydroxylation is 2. The topological polar surface area (TPSA) is 110 Å². The van der Waals surface area contributed by atoms with Gasteiger partial charge in [-0.2, -0.15) is 5.10 Å². The van der Waals surface area contributed by atoms with Crippen LogP contribution in [-0.2, 0) is 0 Å². The van der Waals surface area contributed by atoms with Crippen molar-refractivity contribution in [2.45, 2.75) is 33.7 Å². The van der Waals surface area contributed by atoms with E-state index in [0.29, 0.717) is 35.2 Å². The van der Waals surface area contributed by atoms with Gasteiger partial charge in [-0.1, -0.05) is 0 Å². The Kier molecular flexibility index (Phi) is 3.83. The minimum absolute atomic E-state index is 0.315. The molecule has 4 aromatic heterocycles. The maximum atomic E-state index is 4.57. The lowest BCUT2D eigenvalue weighted by atomic mass is 10.3. The summed E-state index contributed by atoms with van der Waals surface area (Å²) >= 11 is 0. The average molecular weight is 349 g/mol. The van der Waals surface area contributed by atoms with Crippen LogP contribution in [0, 0.1) is 13.8 Å². The van der Waals surface area contributed by atoms with Crippen molar-refractivity contribution in [3.8, 4) is 11.6 Å². The minimum Gasteiger partial charge on any atom is -0.326 e. The second-order valence-corrected chi connectivity index (χ2v) is 6.30. The number of hydrogen-bond acceptors (Lipinski definition) is 7. The zero-order valence-electron chi connectivity index (χ0n) is 15.0. The Labute approximate surface area is 150 Å². The van der Waals surface area contributed by atoms with Gasteiger partial charge in [-0.05, 0) is 33.8 Å². The number of hydrogen-bond donors (Lipinski definition) is 2. The van der Waals surface area contributed by atoms with E-state index in [4.69, 9.17) is 0 Å². The van der Waals surface area contributed by atoms with Gasteiger partial charge in [0.15, 0.2) is 11.6 Å². The first-order valence-electron chi connectivity index (χ1n) is 8.35. The highest BCUT2D eigenvalue weighted by atomic mass is 15.2. The van der Waals surface area contributed by atoms with Crippen LogP contribution in [0.4, 0.5) is 11.6 Å². The highest BCUT2D eigenvalue weighted by Crippen LogP contribution is 2.23. The molecule has 0 amide bonds. The van der Waals surface area contributed by atoms with Gasteiger partial charge in [-0.3, -0.25) is 5.10 Å². The smallest absolute Gasteiger partial charge is 0.199 e. The van der Waals surface area contributed by atoms with Gasteiger partial charge < -0.3 is 9.88 Å². The van der Waals surface area contributed by atoms with Crippen LogP contribution < -0.4 is 5.32 Å². The van der Waals surface area contributed by atoms with E-state index in [1.54, 1.807) is 25.4 Å². The third kappa shape index (κ3) is 2.87. The normalized spacial score (nSPS) is 11.4. The van der Waals surface area contributed by atoms with Crippen molar-refractivity contribution in [1.29, 1.82) is 0 Å². The van der Waals surface area contributed by atoms with E-state index in [9.17, 15) is 0 Å². The molecule has 2 N–H and O–H groups in total. The number of rotatable bonds is 4. The van der Waals surface area contributed by atoms with Crippen LogP contribution in [0.1, 0.15) is 31.5 Å². The highest BCUT2D eigenvalue weighted by Gasteiger charge is 2.12. The predicted octanol–water partition coefficient (Wildman–Crippen LogP) is 2.95. The molecule has 26 heavy (non-hydrogen) atoms. The van der Waals surface area contributed by atoms with Crippen molar-refractivity contribution in [3.63, 3.8) is 0 Å². The fourth-order valence-electron chi connectivity index (χ4n) is 2.96. The molecule has 0 fully saturated rings. The SMILES string of the molecule is Cc1n[nH]c(-c2nccc(Nc3cc4c(cn3)nc(C)n4C(C)C)n2)n1. The van der Waals surface area contributed by atoms with E-state index in [-0.39, 0.29) is 0 Å². The molecule has 0 saturated heterocycles. The van der Waals surface area contributed by atoms with Gasteiger partial charge in [0.05, 0.1) is 11.7 Å². The fourth-order valence-corrected chi connectivity index (χ4v) is 2.96. The standard InChI is InChI=1S/C17H19N9/c1-9(2)26-11(4)21-12-8-19-15(7-13(12)26)22-14-5-6-18-16(23-14)17-20-10(3)24-25-17/h5-9H,1-4H3,(H,20,24,25)(H,18,19,22,23). The van der Waals surface area contributed by atoms with E-state index in [0.717, 1.165) is 16.9 Å². The molecule has 0 unspecified atom stereocenters. The molecular formula is C17H19N9. The van der Waals surface area contributed by atoms with Crippen molar-refractivity contribution >= 4 is 22.7 Å². The maximum Gasteiger partial charge on any atom is 0.199 e. The number of fused-ring (bicyclic) bond motifs is 1. The summed E-state index contributed by atoms with van der Waals surface area (Å²) in [5.41, 5.74) is 1.91. The van der Waals surface area contributed by atoms with Crippen LogP contribution in [0.2, 0.25) is 0 Å². The lowest BCUT2D eigenvalue weighted by Crippen LogP contribution is -2.03. The maximum absolute atomic E-state index is 4.57. The van der Waals surface area contributed by atoms with Crippen molar-refractivity contribution in [2.75, 3.05) is 5.32 Å². The van der Waals surface area contributed by atoms with Crippen LogP contribution in [0.15, 0.2) is 24.5 Å². The second-order valence-electron chi connectivity index (χ2n) is 6.30. The Balaban J connectivity index is 1.68. The molecule has 9 nitrogen and oxygen atoms in total. The Hall–Kier alpha value is -3.36. The molecule has 0 aromatic carbocycles. The molecule has 4 aromatic rings. The molecule has 0 bridgehead atoms. The van der Waals surface area contributed by atoms with Crippen LogP contribution in [0.5, 0.6) is 0 Å². The molecule has 0 atom stereocenters. The number of H-pyrrole nitrogens is 1. The van der Waals surface area contributed by atoms with Gasteiger partial charge in [-0.25, -0.2) is 24.9 Å². The number of aromatic amines is 1. The Morgan fingerprint density at radius 2 is 1.92 bits per heavy atom. The first-order valence-corrected chi connectivity index (χ1v) is 8.35. The monoisotopic (exact) mass is 349 g/mol. The number of nitrogens with one attached hydrogen (secondary N) is 2. The first-order chi connectivity index (χ1) is 12.5. The van der Waals surface area contributed by atoms with Gasteiger partial charge in [0.2, 0.25) is 0 Å². The Bertz CT molecular complexity index is 1080. The molecule has 4 heterocycles. The predicted molar refractivity (Wildman–Crippen MR) is 98.1 cm³/mol. The molecule has 0 saturated carbocycles. The number of pyridine rings is 1. The van der Waals surface area contributed by atoms with Crippen molar-refractivity contribution in [1.82, 2.24) is 39.7 Å². The second kappa shape index (κ2) is 6.17. The summed E-state index contributed by atoms with van der Waals surface area (Å²) < 4.78 is 2.19. The summed E-state index contributed by atoms with van der Waals surface area (Å²) in [5, 5.41) is 10.1. The van der Waals surface area contributed by atoms with Crippen molar-refractivity contribution in [3.05, 3.63) is 36.2 Å². The molecule has 9 heteroatoms. The van der Waals surface area contributed by atoms with Crippen LogP contribution in [0.3, 0.4) is 0 Å². The molecule has 0 aliphatic carbocycles. The van der Waals surface area contributed by atoms with Crippen molar-refractivity contribution < 1.29 is 0 Å². The lowest BCUT2D eigenvalue weighted by molar-refractivity contribution is 0.600. The van der Waals surface area contributed by atoms with E-state index < -0.39 is 0 Å². The number of anilines is 2. The summed E-state index contributed by atoms with van der Waals surface area (Å²) in [6.07, 6.45) is 3.44. The van der Waals surface area contributed by atoms with Gasteiger partial charge >= 0.3 is 0 Å².